The highest BCUT2D eigenvalue weighted by molar-refractivity contribution is 7.89. The van der Waals surface area contributed by atoms with Gasteiger partial charge in [0.1, 0.15) is 6.04 Å². The molecule has 268 valence electrons. The molecule has 0 aliphatic rings. The Balaban J connectivity index is 1.93. The van der Waals surface area contributed by atoms with E-state index in [0.29, 0.717) is 23.2 Å². The molecular weight excluding hydrogens is 661 g/mol. The lowest BCUT2D eigenvalue weighted by molar-refractivity contribution is -0.187. The first-order valence-electron chi connectivity index (χ1n) is 15.9. The topological polar surface area (TPSA) is 156 Å². The minimum Gasteiger partial charge on any atom is -0.452 e. The van der Waals surface area contributed by atoms with Gasteiger partial charge in [0, 0.05) is 24.2 Å². The molecule has 0 unspecified atom stereocenters. The summed E-state index contributed by atoms with van der Waals surface area (Å²) in [6.45, 7) is 3.10. The molecular formula is C35H45F3N4O6S. The number of methoxy groups -OCH3 is 1. The molecule has 0 bridgehead atoms. The summed E-state index contributed by atoms with van der Waals surface area (Å²) in [6.07, 6.45) is -7.54. The molecule has 0 spiro atoms. The number of carbonyl (C=O) groups is 2. The molecule has 3 atom stereocenters. The van der Waals surface area contributed by atoms with Crippen LogP contribution in [-0.2, 0) is 19.6 Å². The van der Waals surface area contributed by atoms with Crippen LogP contribution in [0.3, 0.4) is 0 Å². The molecule has 2 amide bonds. The van der Waals surface area contributed by atoms with E-state index in [4.69, 9.17) is 11.5 Å². The van der Waals surface area contributed by atoms with Crippen LogP contribution in [0.15, 0.2) is 89.8 Å². The van der Waals surface area contributed by atoms with Gasteiger partial charge in [-0.15, -0.1) is 0 Å². The van der Waals surface area contributed by atoms with E-state index in [-0.39, 0.29) is 35.1 Å². The number of nitrogen functional groups attached to an aromatic ring is 1. The number of carbonyl (C=O) groups excluding carboxylic acids is 2. The number of halogens is 3. The number of hydrogen-bond acceptors (Lipinski definition) is 8. The number of hydrogen-bond donors (Lipinski definition) is 3. The summed E-state index contributed by atoms with van der Waals surface area (Å²) in [6, 6.07) is 17.2. The molecule has 0 fully saturated rings. The average molecular weight is 707 g/mol. The van der Waals surface area contributed by atoms with Crippen molar-refractivity contribution in [3.8, 4) is 0 Å². The number of rotatable bonds is 16. The molecule has 0 aliphatic carbocycles. The maximum Gasteiger partial charge on any atom is 0.416 e. The first-order valence-corrected chi connectivity index (χ1v) is 17.4. The summed E-state index contributed by atoms with van der Waals surface area (Å²) in [4.78, 5) is 26.8. The highest BCUT2D eigenvalue weighted by Crippen LogP contribution is 2.34. The molecule has 0 heterocycles. The zero-order valence-electron chi connectivity index (χ0n) is 27.8. The number of sulfonamides is 1. The zero-order chi connectivity index (χ0) is 36.4. The van der Waals surface area contributed by atoms with Crippen LogP contribution in [0.5, 0.6) is 0 Å². The number of alkyl halides is 3. The third kappa shape index (κ3) is 10.3. The number of amides is 2. The van der Waals surface area contributed by atoms with Gasteiger partial charge in [-0.25, -0.2) is 18.1 Å². The molecule has 3 rings (SSSR count). The molecule has 0 aliphatic heterocycles. The second-order valence-corrected chi connectivity index (χ2v) is 14.1. The van der Waals surface area contributed by atoms with E-state index >= 15 is 0 Å². The summed E-state index contributed by atoms with van der Waals surface area (Å²) in [7, 11) is -3.32. The Morgan fingerprint density at radius 1 is 0.878 bits per heavy atom. The Kier molecular flexibility index (Phi) is 14.2. The predicted octanol–water partition coefficient (Wildman–Crippen LogP) is 5.52. The van der Waals surface area contributed by atoms with Crippen molar-refractivity contribution in [1.29, 1.82) is 0 Å². The van der Waals surface area contributed by atoms with Crippen LogP contribution >= 0.6 is 0 Å². The van der Waals surface area contributed by atoms with E-state index in [1.165, 1.54) is 24.3 Å². The highest BCUT2D eigenvalue weighted by Gasteiger charge is 2.50. The van der Waals surface area contributed by atoms with Gasteiger partial charge >= 0.3 is 12.3 Å². The van der Waals surface area contributed by atoms with Crippen molar-refractivity contribution in [3.05, 3.63) is 96.1 Å². The van der Waals surface area contributed by atoms with E-state index in [1.54, 1.807) is 60.7 Å². The van der Waals surface area contributed by atoms with Gasteiger partial charge in [0.25, 0.3) is 0 Å². The fraction of sp³-hybridized carbons (Fsp3) is 0.429. The number of ether oxygens (including phenoxy) is 1. The third-order valence-electron chi connectivity index (χ3n) is 8.31. The first-order chi connectivity index (χ1) is 23.1. The highest BCUT2D eigenvalue weighted by atomic mass is 32.2. The number of nitrogens with two attached hydrogens (primary N) is 2. The van der Waals surface area contributed by atoms with Crippen molar-refractivity contribution in [1.82, 2.24) is 9.21 Å². The van der Waals surface area contributed by atoms with Crippen molar-refractivity contribution < 1.29 is 41.0 Å². The molecule has 3 aromatic carbocycles. The summed E-state index contributed by atoms with van der Waals surface area (Å²) < 4.78 is 77.4. The molecule has 5 N–H and O–H groups in total. The zero-order valence-corrected chi connectivity index (χ0v) is 28.6. The van der Waals surface area contributed by atoms with Gasteiger partial charge in [0.2, 0.25) is 15.9 Å². The number of aliphatic hydroxyl groups excluding tert-OH is 1. The summed E-state index contributed by atoms with van der Waals surface area (Å²) in [5.74, 6) is -2.12. The third-order valence-corrected chi connectivity index (χ3v) is 10.3. The summed E-state index contributed by atoms with van der Waals surface area (Å²) >= 11 is 0. The van der Waals surface area contributed by atoms with Gasteiger partial charge in [0.15, 0.2) is 0 Å². The first kappa shape index (κ1) is 39.5. The minimum absolute atomic E-state index is 0.000286. The normalized spacial score (nSPS) is 14.1. The predicted molar refractivity (Wildman–Crippen MR) is 181 cm³/mol. The summed E-state index contributed by atoms with van der Waals surface area (Å²) in [5, 5.41) is 10.3. The lowest BCUT2D eigenvalue weighted by Gasteiger charge is -2.35. The Morgan fingerprint density at radius 3 is 1.86 bits per heavy atom. The van der Waals surface area contributed by atoms with E-state index in [0.717, 1.165) is 11.4 Å². The second kappa shape index (κ2) is 17.6. The van der Waals surface area contributed by atoms with Crippen molar-refractivity contribution >= 4 is 27.7 Å². The molecule has 0 saturated carbocycles. The molecule has 0 aromatic heterocycles. The number of aliphatic hydroxyl groups is 1. The summed E-state index contributed by atoms with van der Waals surface area (Å²) in [5.41, 5.74) is 13.6. The lowest BCUT2D eigenvalue weighted by Crippen LogP contribution is -2.57. The van der Waals surface area contributed by atoms with Crippen LogP contribution in [0.4, 0.5) is 23.7 Å². The molecule has 14 heteroatoms. The average Bonchev–Trinajstić information content (AvgIpc) is 3.07. The Morgan fingerprint density at radius 2 is 1.41 bits per heavy atom. The number of nitrogens with zero attached hydrogens (tertiary/aromatic N) is 2. The van der Waals surface area contributed by atoms with Gasteiger partial charge in [-0.05, 0) is 67.0 Å². The molecule has 0 radical (unpaired) electrons. The largest absolute Gasteiger partial charge is 0.452 e. The lowest BCUT2D eigenvalue weighted by atomic mass is 9.84. The van der Waals surface area contributed by atoms with Gasteiger partial charge in [-0.3, -0.25) is 4.79 Å². The fourth-order valence-corrected chi connectivity index (χ4v) is 7.33. The second-order valence-electron chi connectivity index (χ2n) is 12.2. The quantitative estimate of drug-likeness (QED) is 0.165. The van der Waals surface area contributed by atoms with Crippen LogP contribution in [0.2, 0.25) is 0 Å². The van der Waals surface area contributed by atoms with Crippen LogP contribution < -0.4 is 11.5 Å². The van der Waals surface area contributed by atoms with Gasteiger partial charge in [-0.1, -0.05) is 74.5 Å². The maximum absolute atomic E-state index is 14.7. The monoisotopic (exact) mass is 706 g/mol. The van der Waals surface area contributed by atoms with E-state index < -0.39 is 65.3 Å². The van der Waals surface area contributed by atoms with Gasteiger partial charge in [0.05, 0.1) is 24.7 Å². The number of imide groups is 1. The molecule has 0 saturated heterocycles. The number of benzene rings is 3. The fourth-order valence-electron chi connectivity index (χ4n) is 5.67. The molecule has 49 heavy (non-hydrogen) atoms. The SMILES string of the molecule is COC(=O)N(C(=O)[C@@H](N)C(c1ccccc1)c1ccccc1)[C@H](CCC[C@@H](CO)N(CCC(C)C)S(=O)(=O)c1ccc(N)cc1)C(F)(F)F. The van der Waals surface area contributed by atoms with Crippen LogP contribution in [0, 0.1) is 5.92 Å². The van der Waals surface area contributed by atoms with Crippen molar-refractivity contribution in [3.63, 3.8) is 0 Å². The van der Waals surface area contributed by atoms with E-state index in [1.807, 2.05) is 13.8 Å². The van der Waals surface area contributed by atoms with Crippen LogP contribution in [0.1, 0.15) is 56.6 Å². The van der Waals surface area contributed by atoms with E-state index in [2.05, 4.69) is 4.74 Å². The molecule has 3 aromatic rings. The van der Waals surface area contributed by atoms with Crippen LogP contribution in [-0.4, -0.2) is 79.3 Å². The van der Waals surface area contributed by atoms with Crippen molar-refractivity contribution in [2.75, 3.05) is 26.0 Å². The Bertz CT molecular complexity index is 1550. The van der Waals surface area contributed by atoms with Gasteiger partial charge in [-0.2, -0.15) is 17.5 Å². The minimum atomic E-state index is -5.10. The van der Waals surface area contributed by atoms with Gasteiger partial charge < -0.3 is 21.3 Å². The standard InChI is InChI=1S/C35H45F3N4O6S/c1-24(2)21-22-41(49(46,47)29-19-17-27(39)18-20-29)28(23-43)15-10-16-30(35(36,37)38)42(34(45)48-3)33(44)32(40)31(25-11-6-4-7-12-25)26-13-8-5-9-14-26/h4-9,11-14,17-20,24,28,30-32,43H,10,15-16,21-23,39-40H2,1-3H3/t28-,30+,32-/m0/s1. The number of anilines is 1. The Hall–Kier alpha value is -3.98. The smallest absolute Gasteiger partial charge is 0.416 e. The molecule has 10 nitrogen and oxygen atoms in total. The van der Waals surface area contributed by atoms with Crippen LogP contribution in [0.25, 0.3) is 0 Å². The Labute approximate surface area is 285 Å². The van der Waals surface area contributed by atoms with Crippen molar-refractivity contribution in [2.45, 2.75) is 74.6 Å². The van der Waals surface area contributed by atoms with Crippen molar-refractivity contribution in [2.24, 2.45) is 11.7 Å². The maximum atomic E-state index is 14.7. The van der Waals surface area contributed by atoms with E-state index in [9.17, 15) is 36.3 Å².